The van der Waals surface area contributed by atoms with Crippen LogP contribution < -0.4 is 11.1 Å². The lowest BCUT2D eigenvalue weighted by Gasteiger charge is -2.09. The van der Waals surface area contributed by atoms with Gasteiger partial charge in [0.05, 0.1) is 0 Å². The molecular weight excluding hydrogens is 256 g/mol. The van der Waals surface area contributed by atoms with Crippen molar-refractivity contribution >= 4 is 30.1 Å². The molecule has 3 nitrogen and oxygen atoms in total. The highest BCUT2D eigenvalue weighted by Crippen LogP contribution is 2.21. The fourth-order valence-electron chi connectivity index (χ4n) is 1.41. The minimum Gasteiger partial charge on any atom is -0.352 e. The highest BCUT2D eigenvalue weighted by molar-refractivity contribution is 7.98. The summed E-state index contributed by atoms with van der Waals surface area (Å²) in [5.41, 5.74) is 7.70. The first-order valence-corrected chi connectivity index (χ1v) is 6.50. The fourth-order valence-corrected chi connectivity index (χ4v) is 2.12. The van der Waals surface area contributed by atoms with Crippen LogP contribution >= 0.6 is 24.2 Å². The van der Waals surface area contributed by atoms with Crippen LogP contribution in [0, 0.1) is 6.92 Å². The van der Waals surface area contributed by atoms with Gasteiger partial charge in [-0.25, -0.2) is 0 Å². The Morgan fingerprint density at radius 3 is 2.76 bits per heavy atom. The van der Waals surface area contributed by atoms with Crippen LogP contribution in [0.2, 0.25) is 0 Å². The van der Waals surface area contributed by atoms with Crippen molar-refractivity contribution in [2.45, 2.75) is 24.8 Å². The van der Waals surface area contributed by atoms with E-state index in [1.165, 1.54) is 10.5 Å². The van der Waals surface area contributed by atoms with Crippen molar-refractivity contribution in [2.75, 3.05) is 12.8 Å². The summed E-state index contributed by atoms with van der Waals surface area (Å²) in [7, 11) is 0. The topological polar surface area (TPSA) is 55.1 Å². The van der Waals surface area contributed by atoms with E-state index in [0.717, 1.165) is 5.56 Å². The minimum atomic E-state index is 0. The van der Waals surface area contributed by atoms with E-state index in [2.05, 4.69) is 30.4 Å². The van der Waals surface area contributed by atoms with Gasteiger partial charge in [0.1, 0.15) is 0 Å². The van der Waals surface area contributed by atoms with Crippen LogP contribution in [0.4, 0.5) is 0 Å². The zero-order chi connectivity index (χ0) is 12.0. The molecule has 0 radical (unpaired) electrons. The Bertz CT molecular complexity index is 372. The molecule has 0 aromatic heterocycles. The van der Waals surface area contributed by atoms with Gasteiger partial charge in [0.15, 0.2) is 0 Å². The van der Waals surface area contributed by atoms with E-state index in [-0.39, 0.29) is 18.3 Å². The predicted octanol–water partition coefficient (Wildman–Crippen LogP) is 2.10. The lowest BCUT2D eigenvalue weighted by molar-refractivity contribution is -0.121. The first-order valence-electron chi connectivity index (χ1n) is 5.27. The van der Waals surface area contributed by atoms with Gasteiger partial charge in [0.25, 0.3) is 0 Å². The molecule has 0 spiro atoms. The third kappa shape index (κ3) is 5.44. The van der Waals surface area contributed by atoms with E-state index in [0.29, 0.717) is 19.5 Å². The number of hydrogen-bond donors (Lipinski definition) is 2. The van der Waals surface area contributed by atoms with Gasteiger partial charge >= 0.3 is 0 Å². The average Bonchev–Trinajstić information content (AvgIpc) is 2.27. The summed E-state index contributed by atoms with van der Waals surface area (Å²) < 4.78 is 0. The normalized spacial score (nSPS) is 9.59. The number of hydrogen-bond acceptors (Lipinski definition) is 3. The summed E-state index contributed by atoms with van der Waals surface area (Å²) in [6, 6.07) is 6.25. The van der Waals surface area contributed by atoms with Crippen molar-refractivity contribution in [2.24, 2.45) is 5.73 Å². The minimum absolute atomic E-state index is 0. The second-order valence-electron chi connectivity index (χ2n) is 3.63. The number of thioether (sulfide) groups is 1. The van der Waals surface area contributed by atoms with Gasteiger partial charge in [-0.3, -0.25) is 4.79 Å². The van der Waals surface area contributed by atoms with E-state index in [9.17, 15) is 4.79 Å². The number of halogens is 1. The molecule has 1 aromatic carbocycles. The molecule has 0 heterocycles. The lowest BCUT2D eigenvalue weighted by Crippen LogP contribution is -2.25. The number of aryl methyl sites for hydroxylation is 1. The molecule has 0 atom stereocenters. The quantitative estimate of drug-likeness (QED) is 0.809. The predicted molar refractivity (Wildman–Crippen MR) is 75.7 cm³/mol. The standard InChI is InChI=1S/C12H18N2OS.ClH/c1-9-3-4-10(11(7-9)16-2)8-14-12(15)5-6-13;/h3-4,7H,5-6,8,13H2,1-2H3,(H,14,15);1H. The van der Waals surface area contributed by atoms with Crippen LogP contribution in [0.1, 0.15) is 17.5 Å². The van der Waals surface area contributed by atoms with Crippen LogP contribution in [-0.2, 0) is 11.3 Å². The second kappa shape index (κ2) is 8.39. The van der Waals surface area contributed by atoms with Crippen LogP contribution in [0.25, 0.3) is 0 Å². The molecule has 1 aromatic rings. The molecule has 0 fully saturated rings. The summed E-state index contributed by atoms with van der Waals surface area (Å²) in [4.78, 5) is 12.5. The second-order valence-corrected chi connectivity index (χ2v) is 4.48. The molecule has 0 aliphatic rings. The zero-order valence-electron chi connectivity index (χ0n) is 10.2. The highest BCUT2D eigenvalue weighted by atomic mass is 35.5. The van der Waals surface area contributed by atoms with Gasteiger partial charge in [-0.05, 0) is 30.4 Å². The molecule has 0 saturated heterocycles. The van der Waals surface area contributed by atoms with Crippen LogP contribution in [0.15, 0.2) is 23.1 Å². The average molecular weight is 275 g/mol. The number of nitrogens with one attached hydrogen (secondary N) is 1. The molecule has 1 amide bonds. The van der Waals surface area contributed by atoms with E-state index in [4.69, 9.17) is 5.73 Å². The Labute approximate surface area is 113 Å². The Morgan fingerprint density at radius 1 is 1.47 bits per heavy atom. The molecule has 0 saturated carbocycles. The van der Waals surface area contributed by atoms with E-state index < -0.39 is 0 Å². The van der Waals surface area contributed by atoms with Gasteiger partial charge in [0.2, 0.25) is 5.91 Å². The van der Waals surface area contributed by atoms with Gasteiger partial charge in [-0.1, -0.05) is 12.1 Å². The fraction of sp³-hybridized carbons (Fsp3) is 0.417. The molecule has 0 unspecified atom stereocenters. The molecule has 5 heteroatoms. The number of carbonyl (C=O) groups is 1. The van der Waals surface area contributed by atoms with Crippen LogP contribution in [-0.4, -0.2) is 18.7 Å². The van der Waals surface area contributed by atoms with Crippen molar-refractivity contribution in [1.82, 2.24) is 5.32 Å². The summed E-state index contributed by atoms with van der Waals surface area (Å²) in [5.74, 6) is 0.00938. The smallest absolute Gasteiger partial charge is 0.221 e. The van der Waals surface area contributed by atoms with Gasteiger partial charge < -0.3 is 11.1 Å². The first kappa shape index (κ1) is 16.3. The van der Waals surface area contributed by atoms with Gasteiger partial charge in [0, 0.05) is 24.4 Å². The van der Waals surface area contributed by atoms with Gasteiger partial charge in [-0.15, -0.1) is 24.2 Å². The van der Waals surface area contributed by atoms with Crippen molar-refractivity contribution < 1.29 is 4.79 Å². The summed E-state index contributed by atoms with van der Waals surface area (Å²) >= 11 is 1.70. The Morgan fingerprint density at radius 2 is 2.18 bits per heavy atom. The maximum Gasteiger partial charge on any atom is 0.221 e. The highest BCUT2D eigenvalue weighted by Gasteiger charge is 2.04. The summed E-state index contributed by atoms with van der Waals surface area (Å²) in [5, 5.41) is 2.86. The number of rotatable bonds is 5. The SMILES string of the molecule is CSc1cc(C)ccc1CNC(=O)CCN.Cl. The third-order valence-corrected chi connectivity index (χ3v) is 3.11. The van der Waals surface area contributed by atoms with Crippen molar-refractivity contribution in [3.05, 3.63) is 29.3 Å². The van der Waals surface area contributed by atoms with E-state index >= 15 is 0 Å². The van der Waals surface area contributed by atoms with E-state index in [1.807, 2.05) is 6.26 Å². The molecule has 3 N–H and O–H groups in total. The monoisotopic (exact) mass is 274 g/mol. The summed E-state index contributed by atoms with van der Waals surface area (Å²) in [6.07, 6.45) is 2.43. The third-order valence-electron chi connectivity index (χ3n) is 2.29. The Kier molecular flexibility index (Phi) is 8.04. The number of amides is 1. The van der Waals surface area contributed by atoms with Crippen molar-refractivity contribution in [1.29, 1.82) is 0 Å². The van der Waals surface area contributed by atoms with Crippen molar-refractivity contribution in [3.8, 4) is 0 Å². The number of benzene rings is 1. The van der Waals surface area contributed by atoms with Crippen LogP contribution in [0.3, 0.4) is 0 Å². The number of carbonyl (C=O) groups excluding carboxylic acids is 1. The molecule has 0 bridgehead atoms. The zero-order valence-corrected chi connectivity index (χ0v) is 11.8. The molecule has 17 heavy (non-hydrogen) atoms. The first-order chi connectivity index (χ1) is 7.67. The Balaban J connectivity index is 0.00000256. The maximum absolute atomic E-state index is 11.3. The Hall–Kier alpha value is -0.710. The molecule has 96 valence electrons. The van der Waals surface area contributed by atoms with Crippen molar-refractivity contribution in [3.63, 3.8) is 0 Å². The molecular formula is C12H19ClN2OS. The van der Waals surface area contributed by atoms with Gasteiger partial charge in [-0.2, -0.15) is 0 Å². The van der Waals surface area contributed by atoms with Crippen LogP contribution in [0.5, 0.6) is 0 Å². The molecule has 0 aliphatic heterocycles. The molecule has 0 aliphatic carbocycles. The lowest BCUT2D eigenvalue weighted by atomic mass is 10.1. The van der Waals surface area contributed by atoms with E-state index in [1.54, 1.807) is 11.8 Å². The summed E-state index contributed by atoms with van der Waals surface area (Å²) in [6.45, 7) is 3.04. The molecule has 1 rings (SSSR count). The number of nitrogens with two attached hydrogens (primary N) is 1. The largest absolute Gasteiger partial charge is 0.352 e. The maximum atomic E-state index is 11.3.